The van der Waals surface area contributed by atoms with Crippen molar-refractivity contribution in [2.45, 2.75) is 6.54 Å². The van der Waals surface area contributed by atoms with E-state index in [4.69, 9.17) is 0 Å². The Morgan fingerprint density at radius 1 is 1.42 bits per heavy atom. The summed E-state index contributed by atoms with van der Waals surface area (Å²) in [6, 6.07) is 4.06. The Hall–Kier alpha value is -1.09. The molecule has 0 bridgehead atoms. The fourth-order valence-electron chi connectivity index (χ4n) is 1.01. The van der Waals surface area contributed by atoms with Crippen LogP contribution in [-0.4, -0.2) is 24.1 Å². The third-order valence-electron chi connectivity index (χ3n) is 1.53. The molecule has 0 saturated carbocycles. The van der Waals surface area contributed by atoms with E-state index in [1.165, 1.54) is 6.07 Å². The van der Waals surface area contributed by atoms with Gasteiger partial charge in [0.25, 0.3) is 0 Å². The Kier molecular flexibility index (Phi) is 2.65. The minimum absolute atomic E-state index is 0.0173. The summed E-state index contributed by atoms with van der Waals surface area (Å²) in [5.41, 5.74) is 0.737. The second-order valence-electron chi connectivity index (χ2n) is 3.01. The van der Waals surface area contributed by atoms with E-state index in [2.05, 4.69) is 0 Å². The van der Waals surface area contributed by atoms with Crippen LogP contribution >= 0.6 is 0 Å². The fourth-order valence-corrected chi connectivity index (χ4v) is 1.01. The summed E-state index contributed by atoms with van der Waals surface area (Å²) in [4.78, 5) is 1.91. The summed E-state index contributed by atoms with van der Waals surface area (Å²) in [7, 11) is 3.78. The van der Waals surface area contributed by atoms with E-state index in [1.807, 2.05) is 19.0 Å². The molecule has 0 fully saturated rings. The predicted molar refractivity (Wildman–Crippen MR) is 45.5 cm³/mol. The average molecular weight is 169 g/mol. The van der Waals surface area contributed by atoms with Crippen molar-refractivity contribution in [3.8, 4) is 5.75 Å². The van der Waals surface area contributed by atoms with E-state index in [9.17, 15) is 9.50 Å². The topological polar surface area (TPSA) is 23.5 Å². The van der Waals surface area contributed by atoms with Gasteiger partial charge in [-0.05, 0) is 20.2 Å². The standard InChI is InChI=1S/C9H12FNO/c1-11(2)6-7-3-4-8(10)5-9(7)12/h3-5,12H,6H2,1-2H3. The third kappa shape index (κ3) is 2.20. The molecule has 2 nitrogen and oxygen atoms in total. The van der Waals surface area contributed by atoms with Crippen LogP contribution in [-0.2, 0) is 6.54 Å². The van der Waals surface area contributed by atoms with Crippen LogP contribution in [0.15, 0.2) is 18.2 Å². The first-order valence-electron chi connectivity index (χ1n) is 3.71. The van der Waals surface area contributed by atoms with Gasteiger partial charge in [0.05, 0.1) is 0 Å². The minimum Gasteiger partial charge on any atom is -0.508 e. The molecule has 0 spiro atoms. The number of phenolic OH excluding ortho intramolecular Hbond substituents is 1. The van der Waals surface area contributed by atoms with Crippen LogP contribution in [0.4, 0.5) is 4.39 Å². The molecule has 0 aliphatic rings. The molecule has 1 rings (SSSR count). The maximum absolute atomic E-state index is 12.5. The van der Waals surface area contributed by atoms with Crippen molar-refractivity contribution in [2.75, 3.05) is 14.1 Å². The van der Waals surface area contributed by atoms with Gasteiger partial charge in [0.2, 0.25) is 0 Å². The quantitative estimate of drug-likeness (QED) is 0.726. The summed E-state index contributed by atoms with van der Waals surface area (Å²) < 4.78 is 12.5. The maximum Gasteiger partial charge on any atom is 0.126 e. The molecule has 3 heteroatoms. The molecule has 0 unspecified atom stereocenters. The highest BCUT2D eigenvalue weighted by atomic mass is 19.1. The van der Waals surface area contributed by atoms with Gasteiger partial charge < -0.3 is 10.0 Å². The molecule has 0 aliphatic heterocycles. The van der Waals surface area contributed by atoms with Gasteiger partial charge in [0, 0.05) is 18.2 Å². The van der Waals surface area contributed by atoms with Crippen molar-refractivity contribution in [1.82, 2.24) is 4.90 Å². The Labute approximate surface area is 71.2 Å². The van der Waals surface area contributed by atoms with Gasteiger partial charge in [-0.1, -0.05) is 6.07 Å². The number of phenols is 1. The minimum atomic E-state index is -0.407. The summed E-state index contributed by atoms with van der Waals surface area (Å²) in [6.45, 7) is 0.617. The highest BCUT2D eigenvalue weighted by Crippen LogP contribution is 2.18. The van der Waals surface area contributed by atoms with Crippen molar-refractivity contribution in [1.29, 1.82) is 0 Å². The maximum atomic E-state index is 12.5. The van der Waals surface area contributed by atoms with E-state index < -0.39 is 5.82 Å². The monoisotopic (exact) mass is 169 g/mol. The molecular weight excluding hydrogens is 157 g/mol. The number of hydrogen-bond acceptors (Lipinski definition) is 2. The number of halogens is 1. The molecule has 1 N–H and O–H groups in total. The number of rotatable bonds is 2. The Bertz CT molecular complexity index is 273. The molecule has 0 radical (unpaired) electrons. The summed E-state index contributed by atoms with van der Waals surface area (Å²) >= 11 is 0. The lowest BCUT2D eigenvalue weighted by molar-refractivity contribution is 0.384. The van der Waals surface area contributed by atoms with Crippen LogP contribution in [0.5, 0.6) is 5.75 Å². The van der Waals surface area contributed by atoms with Gasteiger partial charge in [-0.25, -0.2) is 4.39 Å². The normalized spacial score (nSPS) is 10.7. The fraction of sp³-hybridized carbons (Fsp3) is 0.333. The van der Waals surface area contributed by atoms with Gasteiger partial charge in [-0.15, -0.1) is 0 Å². The average Bonchev–Trinajstić information content (AvgIpc) is 1.94. The summed E-state index contributed by atoms with van der Waals surface area (Å²) in [6.07, 6.45) is 0. The number of benzene rings is 1. The van der Waals surface area contributed by atoms with Gasteiger partial charge in [-0.3, -0.25) is 0 Å². The number of aromatic hydroxyl groups is 1. The molecule has 0 saturated heterocycles. The van der Waals surface area contributed by atoms with Gasteiger partial charge in [-0.2, -0.15) is 0 Å². The van der Waals surface area contributed by atoms with Crippen molar-refractivity contribution in [3.05, 3.63) is 29.6 Å². The highest BCUT2D eigenvalue weighted by molar-refractivity contribution is 5.32. The summed E-state index contributed by atoms with van der Waals surface area (Å²) in [5, 5.41) is 9.27. The van der Waals surface area contributed by atoms with Crippen molar-refractivity contribution in [3.63, 3.8) is 0 Å². The Morgan fingerprint density at radius 2 is 2.08 bits per heavy atom. The highest BCUT2D eigenvalue weighted by Gasteiger charge is 2.02. The molecule has 0 atom stereocenters. The van der Waals surface area contributed by atoms with Crippen LogP contribution in [0.1, 0.15) is 5.56 Å². The van der Waals surface area contributed by atoms with Crippen molar-refractivity contribution >= 4 is 0 Å². The van der Waals surface area contributed by atoms with Gasteiger partial charge in [0.15, 0.2) is 0 Å². The lowest BCUT2D eigenvalue weighted by atomic mass is 10.2. The lowest BCUT2D eigenvalue weighted by Crippen LogP contribution is -2.10. The molecule has 0 heterocycles. The first-order chi connectivity index (χ1) is 5.59. The van der Waals surface area contributed by atoms with Crippen LogP contribution in [0.25, 0.3) is 0 Å². The molecule has 66 valence electrons. The first-order valence-corrected chi connectivity index (χ1v) is 3.71. The lowest BCUT2D eigenvalue weighted by Gasteiger charge is -2.10. The van der Waals surface area contributed by atoms with E-state index in [0.717, 1.165) is 11.6 Å². The van der Waals surface area contributed by atoms with E-state index in [1.54, 1.807) is 6.07 Å². The Balaban J connectivity index is 2.86. The predicted octanol–water partition coefficient (Wildman–Crippen LogP) is 1.59. The second kappa shape index (κ2) is 3.54. The molecular formula is C9H12FNO. The number of nitrogens with zero attached hydrogens (tertiary/aromatic N) is 1. The smallest absolute Gasteiger partial charge is 0.126 e. The van der Waals surface area contributed by atoms with Crippen LogP contribution in [0.2, 0.25) is 0 Å². The van der Waals surface area contributed by atoms with Crippen LogP contribution in [0, 0.1) is 5.82 Å². The third-order valence-corrected chi connectivity index (χ3v) is 1.53. The second-order valence-corrected chi connectivity index (χ2v) is 3.01. The molecule has 0 amide bonds. The van der Waals surface area contributed by atoms with Gasteiger partial charge in [0.1, 0.15) is 11.6 Å². The zero-order chi connectivity index (χ0) is 9.14. The van der Waals surface area contributed by atoms with Gasteiger partial charge >= 0.3 is 0 Å². The van der Waals surface area contributed by atoms with Crippen LogP contribution in [0.3, 0.4) is 0 Å². The molecule has 1 aromatic rings. The zero-order valence-corrected chi connectivity index (χ0v) is 7.21. The number of hydrogen-bond donors (Lipinski definition) is 1. The largest absolute Gasteiger partial charge is 0.508 e. The molecule has 0 aliphatic carbocycles. The van der Waals surface area contributed by atoms with Crippen molar-refractivity contribution < 1.29 is 9.50 Å². The zero-order valence-electron chi connectivity index (χ0n) is 7.21. The molecule has 12 heavy (non-hydrogen) atoms. The van der Waals surface area contributed by atoms with Crippen molar-refractivity contribution in [2.24, 2.45) is 0 Å². The Morgan fingerprint density at radius 3 is 2.58 bits per heavy atom. The molecule has 0 aromatic heterocycles. The van der Waals surface area contributed by atoms with E-state index >= 15 is 0 Å². The van der Waals surface area contributed by atoms with Crippen LogP contribution < -0.4 is 0 Å². The SMILES string of the molecule is CN(C)Cc1ccc(F)cc1O. The summed E-state index contributed by atoms with van der Waals surface area (Å²) in [5.74, 6) is -0.390. The molecule has 1 aromatic carbocycles. The first kappa shape index (κ1) is 9.00. The van der Waals surface area contributed by atoms with E-state index in [0.29, 0.717) is 6.54 Å². The van der Waals surface area contributed by atoms with E-state index in [-0.39, 0.29) is 5.75 Å².